The molecule has 0 saturated carbocycles. The zero-order valence-electron chi connectivity index (χ0n) is 7.38. The van der Waals surface area contributed by atoms with Crippen molar-refractivity contribution in [3.05, 3.63) is 12.2 Å². The summed E-state index contributed by atoms with van der Waals surface area (Å²) < 4.78 is 10.6. The van der Waals surface area contributed by atoms with Gasteiger partial charge in [-0.2, -0.15) is 0 Å². The fourth-order valence-corrected chi connectivity index (χ4v) is 2.24. The SMILES string of the molecule is CO[C@]1(C)C=C[C@@](C)(OC)S1. The molecule has 0 aliphatic carbocycles. The van der Waals surface area contributed by atoms with Crippen LogP contribution in [0.4, 0.5) is 0 Å². The molecule has 2 atom stereocenters. The van der Waals surface area contributed by atoms with Crippen molar-refractivity contribution in [3.63, 3.8) is 0 Å². The van der Waals surface area contributed by atoms with E-state index in [1.807, 2.05) is 26.0 Å². The Bertz CT molecular complexity index is 163. The Morgan fingerprint density at radius 1 is 1.00 bits per heavy atom. The molecule has 0 N–H and O–H groups in total. The van der Waals surface area contributed by atoms with E-state index in [2.05, 4.69) is 0 Å². The van der Waals surface area contributed by atoms with E-state index in [0.717, 1.165) is 0 Å². The standard InChI is InChI=1S/C8H14O2S/c1-7(9-3)5-6-8(2,10-4)11-7/h5-6H,1-4H3/t7-,8-/m0/s1. The zero-order valence-corrected chi connectivity index (χ0v) is 8.20. The summed E-state index contributed by atoms with van der Waals surface area (Å²) in [7, 11) is 3.41. The molecule has 1 aliphatic rings. The lowest BCUT2D eigenvalue weighted by atomic mass is 10.3. The molecule has 1 rings (SSSR count). The van der Waals surface area contributed by atoms with E-state index in [0.29, 0.717) is 0 Å². The lowest BCUT2D eigenvalue weighted by Gasteiger charge is -2.26. The molecule has 0 radical (unpaired) electrons. The lowest BCUT2D eigenvalue weighted by Crippen LogP contribution is -2.24. The summed E-state index contributed by atoms with van der Waals surface area (Å²) in [6, 6.07) is 0. The third-order valence-electron chi connectivity index (χ3n) is 1.90. The second kappa shape index (κ2) is 2.81. The first kappa shape index (κ1) is 9.10. The van der Waals surface area contributed by atoms with E-state index in [4.69, 9.17) is 9.47 Å². The van der Waals surface area contributed by atoms with Crippen LogP contribution in [0.25, 0.3) is 0 Å². The van der Waals surface area contributed by atoms with Crippen LogP contribution in [0.2, 0.25) is 0 Å². The lowest BCUT2D eigenvalue weighted by molar-refractivity contribution is 0.115. The van der Waals surface area contributed by atoms with Crippen molar-refractivity contribution in [2.75, 3.05) is 14.2 Å². The maximum absolute atomic E-state index is 5.29. The van der Waals surface area contributed by atoms with E-state index in [1.54, 1.807) is 26.0 Å². The highest BCUT2D eigenvalue weighted by atomic mass is 32.2. The average Bonchev–Trinajstić information content (AvgIpc) is 2.30. The number of methoxy groups -OCH3 is 2. The molecule has 0 amide bonds. The van der Waals surface area contributed by atoms with Crippen LogP contribution < -0.4 is 0 Å². The van der Waals surface area contributed by atoms with Crippen molar-refractivity contribution in [3.8, 4) is 0 Å². The molecule has 0 saturated heterocycles. The summed E-state index contributed by atoms with van der Waals surface area (Å²) in [5, 5.41) is 0. The van der Waals surface area contributed by atoms with Crippen LogP contribution in [0.1, 0.15) is 13.8 Å². The highest BCUT2D eigenvalue weighted by molar-refractivity contribution is 8.02. The Hall–Kier alpha value is 0.01000. The Balaban J connectivity index is 2.68. The molecule has 0 spiro atoms. The number of hydrogen-bond acceptors (Lipinski definition) is 3. The van der Waals surface area contributed by atoms with Crippen molar-refractivity contribution >= 4 is 11.8 Å². The van der Waals surface area contributed by atoms with Crippen LogP contribution in [0, 0.1) is 0 Å². The fraction of sp³-hybridized carbons (Fsp3) is 0.750. The first-order valence-corrected chi connectivity index (χ1v) is 4.36. The van der Waals surface area contributed by atoms with Crippen LogP contribution >= 0.6 is 11.8 Å². The molecular weight excluding hydrogens is 160 g/mol. The summed E-state index contributed by atoms with van der Waals surface area (Å²) in [6.07, 6.45) is 4.06. The van der Waals surface area contributed by atoms with Gasteiger partial charge in [-0.1, -0.05) is 11.8 Å². The normalized spacial score (nSPS) is 43.3. The number of hydrogen-bond donors (Lipinski definition) is 0. The smallest absolute Gasteiger partial charge is 0.132 e. The Labute approximate surface area is 71.9 Å². The number of rotatable bonds is 2. The molecule has 2 nitrogen and oxygen atoms in total. The second-order valence-electron chi connectivity index (χ2n) is 2.88. The van der Waals surface area contributed by atoms with Gasteiger partial charge >= 0.3 is 0 Å². The minimum Gasteiger partial charge on any atom is -0.364 e. The third kappa shape index (κ3) is 1.78. The molecule has 0 unspecified atom stereocenters. The second-order valence-corrected chi connectivity index (χ2v) is 4.70. The molecular formula is C8H14O2S. The monoisotopic (exact) mass is 174 g/mol. The average molecular weight is 174 g/mol. The van der Waals surface area contributed by atoms with Gasteiger partial charge in [0.25, 0.3) is 0 Å². The van der Waals surface area contributed by atoms with Crippen molar-refractivity contribution < 1.29 is 9.47 Å². The summed E-state index contributed by atoms with van der Waals surface area (Å²) in [4.78, 5) is -0.435. The summed E-state index contributed by atoms with van der Waals surface area (Å²) in [6.45, 7) is 4.05. The van der Waals surface area contributed by atoms with Gasteiger partial charge in [0, 0.05) is 14.2 Å². The van der Waals surface area contributed by atoms with Gasteiger partial charge < -0.3 is 9.47 Å². The Morgan fingerprint density at radius 2 is 1.36 bits per heavy atom. The maximum Gasteiger partial charge on any atom is 0.132 e. The largest absolute Gasteiger partial charge is 0.364 e. The summed E-state index contributed by atoms with van der Waals surface area (Å²) in [5.41, 5.74) is 0. The minimum atomic E-state index is -0.218. The predicted molar refractivity (Wildman–Crippen MR) is 47.6 cm³/mol. The molecule has 1 aliphatic heterocycles. The third-order valence-corrected chi connectivity index (χ3v) is 3.32. The number of thioether (sulfide) groups is 1. The van der Waals surface area contributed by atoms with Gasteiger partial charge in [0.15, 0.2) is 0 Å². The van der Waals surface area contributed by atoms with E-state index in [1.165, 1.54) is 0 Å². The van der Waals surface area contributed by atoms with Gasteiger partial charge in [0.1, 0.15) is 9.87 Å². The van der Waals surface area contributed by atoms with Gasteiger partial charge in [-0.05, 0) is 26.0 Å². The highest BCUT2D eigenvalue weighted by Crippen LogP contribution is 2.45. The van der Waals surface area contributed by atoms with Crippen LogP contribution in [0.3, 0.4) is 0 Å². The molecule has 0 fully saturated rings. The minimum absolute atomic E-state index is 0.217. The van der Waals surface area contributed by atoms with Gasteiger partial charge in [0.05, 0.1) is 0 Å². The van der Waals surface area contributed by atoms with E-state index < -0.39 is 0 Å². The molecule has 3 heteroatoms. The van der Waals surface area contributed by atoms with E-state index in [9.17, 15) is 0 Å². The fourth-order valence-electron chi connectivity index (χ4n) is 0.993. The zero-order chi connectivity index (χ0) is 8.54. The van der Waals surface area contributed by atoms with Crippen molar-refractivity contribution in [2.45, 2.75) is 23.7 Å². The van der Waals surface area contributed by atoms with E-state index >= 15 is 0 Å². The summed E-state index contributed by atoms with van der Waals surface area (Å²) >= 11 is 1.66. The predicted octanol–water partition coefficient (Wildman–Crippen LogP) is 2.01. The topological polar surface area (TPSA) is 18.5 Å². The number of ether oxygens (including phenoxy) is 2. The summed E-state index contributed by atoms with van der Waals surface area (Å²) in [5.74, 6) is 0. The van der Waals surface area contributed by atoms with Crippen LogP contribution in [0.15, 0.2) is 12.2 Å². The quantitative estimate of drug-likeness (QED) is 0.597. The van der Waals surface area contributed by atoms with Crippen LogP contribution in [-0.4, -0.2) is 24.1 Å². The molecule has 0 aromatic carbocycles. The molecule has 0 bridgehead atoms. The first-order valence-electron chi connectivity index (χ1n) is 3.54. The van der Waals surface area contributed by atoms with Crippen molar-refractivity contribution in [1.29, 1.82) is 0 Å². The van der Waals surface area contributed by atoms with Gasteiger partial charge in [-0.25, -0.2) is 0 Å². The molecule has 0 aromatic heterocycles. The molecule has 1 heterocycles. The van der Waals surface area contributed by atoms with Crippen molar-refractivity contribution in [1.82, 2.24) is 0 Å². The van der Waals surface area contributed by atoms with Crippen LogP contribution in [-0.2, 0) is 9.47 Å². The first-order chi connectivity index (χ1) is 5.04. The molecule has 0 aromatic rings. The molecule has 64 valence electrons. The van der Waals surface area contributed by atoms with E-state index in [-0.39, 0.29) is 9.87 Å². The van der Waals surface area contributed by atoms with Gasteiger partial charge in [0.2, 0.25) is 0 Å². The van der Waals surface area contributed by atoms with Crippen molar-refractivity contribution in [2.24, 2.45) is 0 Å². The maximum atomic E-state index is 5.29. The Morgan fingerprint density at radius 3 is 1.55 bits per heavy atom. The van der Waals surface area contributed by atoms with Gasteiger partial charge in [-0.15, -0.1) is 0 Å². The van der Waals surface area contributed by atoms with Gasteiger partial charge in [-0.3, -0.25) is 0 Å². The van der Waals surface area contributed by atoms with Crippen LogP contribution in [0.5, 0.6) is 0 Å². The highest BCUT2D eigenvalue weighted by Gasteiger charge is 2.38. The Kier molecular flexibility index (Phi) is 2.32. The molecule has 11 heavy (non-hydrogen) atoms.